The van der Waals surface area contributed by atoms with Crippen molar-refractivity contribution in [2.45, 2.75) is 97.7 Å². The number of benzene rings is 2. The minimum atomic E-state index is -0.396. The van der Waals surface area contributed by atoms with Gasteiger partial charge in [0.05, 0.1) is 0 Å². The molecule has 0 saturated heterocycles. The Balaban J connectivity index is 1.77. The van der Waals surface area contributed by atoms with Crippen LogP contribution in [-0.4, -0.2) is 37.4 Å². The van der Waals surface area contributed by atoms with E-state index in [1.807, 2.05) is 13.8 Å². The van der Waals surface area contributed by atoms with Crippen molar-refractivity contribution >= 4 is 22.7 Å². The molecule has 2 aliphatic carbocycles. The van der Waals surface area contributed by atoms with E-state index in [0.717, 1.165) is 41.5 Å². The minimum Gasteiger partial charge on any atom is -0.489 e. The maximum Gasteiger partial charge on any atom is 0.333 e. The van der Waals surface area contributed by atoms with Gasteiger partial charge in [-0.3, -0.25) is 0 Å². The number of aryl methyl sites for hydroxylation is 1. The summed E-state index contributed by atoms with van der Waals surface area (Å²) in [4.78, 5) is 24.4. The Bertz CT molecular complexity index is 1310. The predicted octanol–water partition coefficient (Wildman–Crippen LogP) is 7.57. The second kappa shape index (κ2) is 12.5. The Labute approximate surface area is 238 Å². The highest BCUT2D eigenvalue weighted by Crippen LogP contribution is 2.63. The summed E-state index contributed by atoms with van der Waals surface area (Å²) in [5.41, 5.74) is 4.42. The van der Waals surface area contributed by atoms with Crippen molar-refractivity contribution in [1.29, 1.82) is 0 Å². The number of esters is 2. The summed E-state index contributed by atoms with van der Waals surface area (Å²) < 4.78 is 24.5. The van der Waals surface area contributed by atoms with Crippen molar-refractivity contribution < 1.29 is 28.5 Å². The summed E-state index contributed by atoms with van der Waals surface area (Å²) in [6.45, 7) is 19.7. The molecule has 1 saturated carbocycles. The Morgan fingerprint density at radius 2 is 1.30 bits per heavy atom. The highest BCUT2D eigenvalue weighted by molar-refractivity contribution is 5.97. The van der Waals surface area contributed by atoms with Gasteiger partial charge in [-0.25, -0.2) is 9.59 Å². The third-order valence-corrected chi connectivity index (χ3v) is 8.54. The van der Waals surface area contributed by atoms with Crippen LogP contribution in [0.25, 0.3) is 10.8 Å². The zero-order valence-electron chi connectivity index (χ0n) is 24.9. The van der Waals surface area contributed by atoms with Gasteiger partial charge < -0.3 is 18.9 Å². The third-order valence-electron chi connectivity index (χ3n) is 8.54. The van der Waals surface area contributed by atoms with Crippen LogP contribution >= 0.6 is 0 Å². The van der Waals surface area contributed by atoms with E-state index in [1.165, 1.54) is 16.7 Å². The van der Waals surface area contributed by atoms with Gasteiger partial charge in [0.1, 0.15) is 36.9 Å². The van der Waals surface area contributed by atoms with E-state index in [4.69, 9.17) is 18.9 Å². The molecule has 2 bridgehead atoms. The van der Waals surface area contributed by atoms with E-state index in [-0.39, 0.29) is 25.4 Å². The van der Waals surface area contributed by atoms with E-state index in [9.17, 15) is 9.59 Å². The predicted molar refractivity (Wildman–Crippen MR) is 158 cm³/mol. The lowest BCUT2D eigenvalue weighted by atomic mass is 9.86. The molecular weight excluding hydrogens is 504 g/mol. The SMILES string of the molecule is C=C(C)C(=O)OC(CC)COc1c2c(c(OCC(CC)OC(=O)C(=C)C)c3cc(CC)ccc13)C1CCC2C1C. The normalized spacial score (nSPS) is 20.5. The third kappa shape index (κ3) is 5.77. The molecule has 6 nitrogen and oxygen atoms in total. The molecule has 0 amide bonds. The van der Waals surface area contributed by atoms with E-state index in [0.29, 0.717) is 41.7 Å². The van der Waals surface area contributed by atoms with Crippen molar-refractivity contribution in [1.82, 2.24) is 0 Å². The van der Waals surface area contributed by atoms with Crippen LogP contribution in [0.15, 0.2) is 42.5 Å². The van der Waals surface area contributed by atoms with Crippen molar-refractivity contribution in [3.63, 3.8) is 0 Å². The molecule has 0 spiro atoms. The van der Waals surface area contributed by atoms with Gasteiger partial charge >= 0.3 is 11.9 Å². The van der Waals surface area contributed by atoms with Crippen molar-refractivity contribution in [3.05, 3.63) is 59.2 Å². The lowest BCUT2D eigenvalue weighted by Gasteiger charge is -2.27. The van der Waals surface area contributed by atoms with Gasteiger partial charge in [0, 0.05) is 33.0 Å². The summed E-state index contributed by atoms with van der Waals surface area (Å²) in [7, 11) is 0. The number of hydrogen-bond donors (Lipinski definition) is 0. The van der Waals surface area contributed by atoms with Crippen LogP contribution < -0.4 is 9.47 Å². The monoisotopic (exact) mass is 548 g/mol. The first-order valence-electron chi connectivity index (χ1n) is 14.7. The Hall–Kier alpha value is -3.28. The van der Waals surface area contributed by atoms with Gasteiger partial charge in [0.15, 0.2) is 0 Å². The highest BCUT2D eigenvalue weighted by atomic mass is 16.6. The molecule has 2 aromatic carbocycles. The fraction of sp³-hybridized carbons (Fsp3) is 0.529. The molecule has 5 atom stereocenters. The van der Waals surface area contributed by atoms with Crippen molar-refractivity contribution in [2.75, 3.05) is 13.2 Å². The van der Waals surface area contributed by atoms with Gasteiger partial charge in [-0.2, -0.15) is 0 Å². The van der Waals surface area contributed by atoms with E-state index < -0.39 is 11.9 Å². The van der Waals surface area contributed by atoms with Crippen LogP contribution in [0.4, 0.5) is 0 Å². The molecule has 6 heteroatoms. The zero-order valence-corrected chi connectivity index (χ0v) is 24.9. The first kappa shape index (κ1) is 29.7. The average Bonchev–Trinajstić information content (AvgIpc) is 3.44. The van der Waals surface area contributed by atoms with E-state index in [1.54, 1.807) is 13.8 Å². The molecule has 40 heavy (non-hydrogen) atoms. The summed E-state index contributed by atoms with van der Waals surface area (Å²) in [6.07, 6.45) is 3.67. The van der Waals surface area contributed by atoms with Gasteiger partial charge in [0.2, 0.25) is 0 Å². The average molecular weight is 549 g/mol. The van der Waals surface area contributed by atoms with Gasteiger partial charge in [-0.15, -0.1) is 0 Å². The molecule has 0 aliphatic heterocycles. The van der Waals surface area contributed by atoms with Crippen molar-refractivity contribution in [3.8, 4) is 11.5 Å². The Morgan fingerprint density at radius 3 is 1.73 bits per heavy atom. The van der Waals surface area contributed by atoms with Gasteiger partial charge in [0.25, 0.3) is 0 Å². The molecular formula is C34H44O6. The topological polar surface area (TPSA) is 71.1 Å². The van der Waals surface area contributed by atoms with E-state index >= 15 is 0 Å². The van der Waals surface area contributed by atoms with Crippen LogP contribution in [-0.2, 0) is 25.5 Å². The fourth-order valence-electron chi connectivity index (χ4n) is 6.09. The molecule has 5 unspecified atom stereocenters. The van der Waals surface area contributed by atoms with Crippen LogP contribution in [0.2, 0.25) is 0 Å². The van der Waals surface area contributed by atoms with Crippen LogP contribution in [0.1, 0.15) is 95.8 Å². The summed E-state index contributed by atoms with van der Waals surface area (Å²) >= 11 is 0. The number of fused-ring (bicyclic) bond motifs is 6. The Morgan fingerprint density at radius 1 is 0.825 bits per heavy atom. The molecule has 4 rings (SSSR count). The first-order chi connectivity index (χ1) is 19.1. The summed E-state index contributed by atoms with van der Waals surface area (Å²) in [5, 5.41) is 2.01. The number of rotatable bonds is 13. The van der Waals surface area contributed by atoms with Gasteiger partial charge in [-0.05, 0) is 75.3 Å². The fourth-order valence-corrected chi connectivity index (χ4v) is 6.09. The number of hydrogen-bond acceptors (Lipinski definition) is 6. The smallest absolute Gasteiger partial charge is 0.333 e. The summed E-state index contributed by atoms with van der Waals surface area (Å²) in [5.74, 6) is 2.22. The Kier molecular flexibility index (Phi) is 9.27. The maximum atomic E-state index is 12.2. The molecule has 2 aromatic rings. The zero-order chi connectivity index (χ0) is 29.1. The lowest BCUT2D eigenvalue weighted by molar-refractivity contribution is -0.146. The second-order valence-corrected chi connectivity index (χ2v) is 11.4. The van der Waals surface area contributed by atoms with E-state index in [2.05, 4.69) is 45.2 Å². The molecule has 216 valence electrons. The molecule has 0 aromatic heterocycles. The molecule has 0 radical (unpaired) electrons. The first-order valence-corrected chi connectivity index (χ1v) is 14.7. The molecule has 0 N–H and O–H groups in total. The van der Waals surface area contributed by atoms with Crippen LogP contribution in [0, 0.1) is 5.92 Å². The van der Waals surface area contributed by atoms with Crippen LogP contribution in [0.5, 0.6) is 11.5 Å². The molecule has 2 aliphatic rings. The minimum absolute atomic E-state index is 0.271. The summed E-state index contributed by atoms with van der Waals surface area (Å²) in [6, 6.07) is 6.48. The molecule has 1 fully saturated rings. The lowest BCUT2D eigenvalue weighted by Crippen LogP contribution is -2.26. The number of carbonyl (C=O) groups is 2. The number of carbonyl (C=O) groups excluding carboxylic acids is 2. The second-order valence-electron chi connectivity index (χ2n) is 11.4. The molecule has 0 heterocycles. The highest BCUT2D eigenvalue weighted by Gasteiger charge is 2.48. The largest absolute Gasteiger partial charge is 0.489 e. The standard InChI is InChI=1S/C34H44O6/c1-9-22-12-13-27-28(16-22)32(38-18-24(11-3)40-34(36)20(6)7)30-26-15-14-25(21(26)8)29(30)31(27)37-17-23(10-2)39-33(35)19(4)5/h12-13,16,21,23-26H,4,6,9-11,14-15,17-18H2,1-3,5,7-8H3. The van der Waals surface area contributed by atoms with Crippen molar-refractivity contribution in [2.24, 2.45) is 5.92 Å². The van der Waals surface area contributed by atoms with Crippen LogP contribution in [0.3, 0.4) is 0 Å². The quantitative estimate of drug-likeness (QED) is 0.190. The maximum absolute atomic E-state index is 12.2. The van der Waals surface area contributed by atoms with Gasteiger partial charge in [-0.1, -0.05) is 53.0 Å². The number of ether oxygens (including phenoxy) is 4.